The van der Waals surface area contributed by atoms with Crippen molar-refractivity contribution in [3.05, 3.63) is 24.3 Å². The Labute approximate surface area is 87.7 Å². The largest absolute Gasteiger partial charge is 0.373 e. The van der Waals surface area contributed by atoms with Gasteiger partial charge in [-0.25, -0.2) is 4.98 Å². The SMILES string of the molecule is CN1CC(C(O)Nc2cccnc2F)C1. The predicted molar refractivity (Wildman–Crippen MR) is 54.8 cm³/mol. The Morgan fingerprint density at radius 2 is 2.40 bits per heavy atom. The Balaban J connectivity index is 1.94. The smallest absolute Gasteiger partial charge is 0.236 e. The summed E-state index contributed by atoms with van der Waals surface area (Å²) in [5.41, 5.74) is 0.250. The molecule has 2 heterocycles. The van der Waals surface area contributed by atoms with Crippen molar-refractivity contribution < 1.29 is 9.50 Å². The quantitative estimate of drug-likeness (QED) is 0.565. The van der Waals surface area contributed by atoms with Crippen molar-refractivity contribution in [2.75, 3.05) is 25.5 Å². The molecule has 5 heteroatoms. The van der Waals surface area contributed by atoms with Gasteiger partial charge < -0.3 is 15.3 Å². The maximum Gasteiger partial charge on any atom is 0.236 e. The van der Waals surface area contributed by atoms with Crippen LogP contribution in [0.2, 0.25) is 0 Å². The average Bonchev–Trinajstić information content (AvgIpc) is 2.17. The van der Waals surface area contributed by atoms with Gasteiger partial charge in [0.15, 0.2) is 0 Å². The maximum absolute atomic E-state index is 13.1. The van der Waals surface area contributed by atoms with Crippen LogP contribution in [0, 0.1) is 11.9 Å². The highest BCUT2D eigenvalue weighted by molar-refractivity contribution is 5.41. The van der Waals surface area contributed by atoms with Gasteiger partial charge in [-0.3, -0.25) is 0 Å². The third-order valence-corrected chi connectivity index (χ3v) is 2.60. The van der Waals surface area contributed by atoms with Crippen LogP contribution in [0.4, 0.5) is 10.1 Å². The maximum atomic E-state index is 13.1. The van der Waals surface area contributed by atoms with Gasteiger partial charge in [0.05, 0.1) is 5.69 Å². The topological polar surface area (TPSA) is 48.4 Å². The van der Waals surface area contributed by atoms with Crippen molar-refractivity contribution in [1.82, 2.24) is 9.88 Å². The predicted octanol–water partition coefficient (Wildman–Crippen LogP) is 0.513. The molecule has 82 valence electrons. The van der Waals surface area contributed by atoms with E-state index in [0.29, 0.717) is 0 Å². The van der Waals surface area contributed by atoms with E-state index in [1.807, 2.05) is 7.05 Å². The Hall–Kier alpha value is -1.20. The Kier molecular flexibility index (Phi) is 2.83. The molecule has 2 rings (SSSR count). The number of nitrogens with one attached hydrogen (secondary N) is 1. The molecule has 0 radical (unpaired) electrons. The molecule has 0 aliphatic carbocycles. The zero-order valence-corrected chi connectivity index (χ0v) is 8.52. The van der Waals surface area contributed by atoms with Gasteiger partial charge in [0, 0.05) is 25.2 Å². The van der Waals surface area contributed by atoms with Gasteiger partial charge in [0.2, 0.25) is 5.95 Å². The number of nitrogens with zero attached hydrogens (tertiary/aromatic N) is 2. The number of pyridine rings is 1. The second-order valence-electron chi connectivity index (χ2n) is 3.91. The van der Waals surface area contributed by atoms with Gasteiger partial charge in [0.1, 0.15) is 6.23 Å². The van der Waals surface area contributed by atoms with E-state index in [0.717, 1.165) is 13.1 Å². The van der Waals surface area contributed by atoms with Crippen LogP contribution in [0.1, 0.15) is 0 Å². The summed E-state index contributed by atoms with van der Waals surface area (Å²) in [5, 5.41) is 12.5. The molecular formula is C10H14FN3O. The van der Waals surface area contributed by atoms with Gasteiger partial charge in [-0.15, -0.1) is 0 Å². The van der Waals surface area contributed by atoms with E-state index in [1.54, 1.807) is 12.1 Å². The fraction of sp³-hybridized carbons (Fsp3) is 0.500. The highest BCUT2D eigenvalue weighted by Crippen LogP contribution is 2.19. The first-order valence-corrected chi connectivity index (χ1v) is 4.90. The molecule has 1 aromatic rings. The number of halogens is 1. The zero-order chi connectivity index (χ0) is 10.8. The van der Waals surface area contributed by atoms with Crippen molar-refractivity contribution >= 4 is 5.69 Å². The van der Waals surface area contributed by atoms with Crippen LogP contribution in [0.3, 0.4) is 0 Å². The number of likely N-dealkylation sites (tertiary alicyclic amines) is 1. The molecule has 1 saturated heterocycles. The molecule has 1 atom stereocenters. The van der Waals surface area contributed by atoms with Gasteiger partial charge in [0.25, 0.3) is 0 Å². The molecule has 1 aromatic heterocycles. The molecule has 1 aliphatic rings. The molecule has 15 heavy (non-hydrogen) atoms. The van der Waals surface area contributed by atoms with Crippen molar-refractivity contribution in [2.45, 2.75) is 6.23 Å². The summed E-state index contributed by atoms with van der Waals surface area (Å²) in [7, 11) is 1.98. The summed E-state index contributed by atoms with van der Waals surface area (Å²) in [6.45, 7) is 1.66. The summed E-state index contributed by atoms with van der Waals surface area (Å²) < 4.78 is 13.1. The monoisotopic (exact) mass is 211 g/mol. The molecule has 0 aromatic carbocycles. The lowest BCUT2D eigenvalue weighted by Crippen LogP contribution is -2.51. The van der Waals surface area contributed by atoms with Crippen LogP contribution >= 0.6 is 0 Å². The number of aliphatic hydroxyl groups excluding tert-OH is 1. The normalized spacial score (nSPS) is 19.7. The van der Waals surface area contributed by atoms with Gasteiger partial charge in [-0.05, 0) is 19.2 Å². The van der Waals surface area contributed by atoms with E-state index in [1.165, 1.54) is 6.20 Å². The van der Waals surface area contributed by atoms with E-state index in [2.05, 4.69) is 15.2 Å². The van der Waals surface area contributed by atoms with E-state index >= 15 is 0 Å². The van der Waals surface area contributed by atoms with E-state index in [-0.39, 0.29) is 11.6 Å². The summed E-state index contributed by atoms with van der Waals surface area (Å²) in [6, 6.07) is 3.19. The molecule has 0 amide bonds. The molecule has 1 aliphatic heterocycles. The number of anilines is 1. The third-order valence-electron chi connectivity index (χ3n) is 2.60. The lowest BCUT2D eigenvalue weighted by Gasteiger charge is -2.39. The Morgan fingerprint density at radius 3 is 3.00 bits per heavy atom. The molecule has 0 spiro atoms. The van der Waals surface area contributed by atoms with Crippen LogP contribution < -0.4 is 5.32 Å². The van der Waals surface area contributed by atoms with E-state index in [4.69, 9.17) is 0 Å². The molecule has 1 fully saturated rings. The highest BCUT2D eigenvalue weighted by Gasteiger charge is 2.30. The fourth-order valence-electron chi connectivity index (χ4n) is 1.72. The first-order valence-electron chi connectivity index (χ1n) is 4.90. The average molecular weight is 211 g/mol. The minimum atomic E-state index is -0.708. The summed E-state index contributed by atoms with van der Waals surface area (Å²) in [6.07, 6.45) is 0.671. The second kappa shape index (κ2) is 4.12. The Bertz CT molecular complexity index is 341. The number of hydrogen-bond acceptors (Lipinski definition) is 4. The van der Waals surface area contributed by atoms with Gasteiger partial charge in [-0.1, -0.05) is 0 Å². The number of rotatable bonds is 3. The lowest BCUT2D eigenvalue weighted by atomic mass is 9.99. The van der Waals surface area contributed by atoms with Gasteiger partial charge >= 0.3 is 0 Å². The number of aliphatic hydroxyl groups is 1. The highest BCUT2D eigenvalue weighted by atomic mass is 19.1. The first kappa shape index (κ1) is 10.3. The Morgan fingerprint density at radius 1 is 1.67 bits per heavy atom. The number of hydrogen-bond donors (Lipinski definition) is 2. The molecular weight excluding hydrogens is 197 g/mol. The van der Waals surface area contributed by atoms with Crippen LogP contribution in [0.15, 0.2) is 18.3 Å². The van der Waals surface area contributed by atoms with Crippen LogP contribution in [-0.4, -0.2) is 41.4 Å². The molecule has 0 saturated carbocycles. The third kappa shape index (κ3) is 2.24. The van der Waals surface area contributed by atoms with Crippen LogP contribution in [0.5, 0.6) is 0 Å². The van der Waals surface area contributed by atoms with E-state index < -0.39 is 12.2 Å². The summed E-state index contributed by atoms with van der Waals surface area (Å²) >= 11 is 0. The molecule has 2 N–H and O–H groups in total. The first-order chi connectivity index (χ1) is 7.16. The van der Waals surface area contributed by atoms with Crippen molar-refractivity contribution in [3.63, 3.8) is 0 Å². The summed E-state index contributed by atoms with van der Waals surface area (Å²) in [5.74, 6) is -0.418. The van der Waals surface area contributed by atoms with Crippen molar-refractivity contribution in [3.8, 4) is 0 Å². The molecule has 4 nitrogen and oxygen atoms in total. The number of aromatic nitrogens is 1. The van der Waals surface area contributed by atoms with Gasteiger partial charge in [-0.2, -0.15) is 4.39 Å². The van der Waals surface area contributed by atoms with Crippen molar-refractivity contribution in [2.24, 2.45) is 5.92 Å². The molecule has 1 unspecified atom stereocenters. The summed E-state index contributed by atoms with van der Waals surface area (Å²) in [4.78, 5) is 5.59. The zero-order valence-electron chi connectivity index (χ0n) is 8.52. The lowest BCUT2D eigenvalue weighted by molar-refractivity contribution is 0.0258. The van der Waals surface area contributed by atoms with Crippen molar-refractivity contribution in [1.29, 1.82) is 0 Å². The standard InChI is InChI=1S/C10H14FN3O/c1-14-5-7(6-14)10(15)13-8-3-2-4-12-9(8)11/h2-4,7,10,13,15H,5-6H2,1H3. The van der Waals surface area contributed by atoms with E-state index in [9.17, 15) is 9.50 Å². The molecule has 0 bridgehead atoms. The fourth-order valence-corrected chi connectivity index (χ4v) is 1.72. The van der Waals surface area contributed by atoms with Crippen LogP contribution in [-0.2, 0) is 0 Å². The second-order valence-corrected chi connectivity index (χ2v) is 3.91. The van der Waals surface area contributed by atoms with Crippen LogP contribution in [0.25, 0.3) is 0 Å². The minimum absolute atomic E-state index is 0.162. The minimum Gasteiger partial charge on any atom is -0.373 e.